The number of rotatable bonds is 5. The van der Waals surface area contributed by atoms with E-state index in [4.69, 9.17) is 14.2 Å². The topological polar surface area (TPSA) is 86.8 Å². The molecule has 7 nitrogen and oxygen atoms in total. The number of thiazole rings is 1. The van der Waals surface area contributed by atoms with Crippen molar-refractivity contribution in [3.8, 4) is 11.5 Å². The third-order valence-electron chi connectivity index (χ3n) is 4.12. The van der Waals surface area contributed by atoms with E-state index in [1.54, 1.807) is 29.8 Å². The average molecular weight is 384 g/mol. The SMILES string of the molecule is C[C@@H](OC(=O)c1ccc2ncsc2c1)C(=O)NCc1ccc2c(c1)OCO2. The second-order valence-electron chi connectivity index (χ2n) is 5.99. The molecular weight excluding hydrogens is 368 g/mol. The number of ether oxygens (including phenoxy) is 3. The van der Waals surface area contributed by atoms with Crippen molar-refractivity contribution in [3.63, 3.8) is 0 Å². The number of carbonyl (C=O) groups excluding carboxylic acids is 2. The summed E-state index contributed by atoms with van der Waals surface area (Å²) in [7, 11) is 0. The molecule has 0 saturated carbocycles. The van der Waals surface area contributed by atoms with Gasteiger partial charge in [0.2, 0.25) is 6.79 Å². The second-order valence-corrected chi connectivity index (χ2v) is 6.87. The predicted octanol–water partition coefficient (Wildman–Crippen LogP) is 2.89. The molecule has 1 N–H and O–H groups in total. The lowest BCUT2D eigenvalue weighted by molar-refractivity contribution is -0.129. The zero-order chi connectivity index (χ0) is 18.8. The van der Waals surface area contributed by atoms with Gasteiger partial charge in [-0.05, 0) is 42.8 Å². The van der Waals surface area contributed by atoms with Crippen molar-refractivity contribution in [1.82, 2.24) is 10.3 Å². The summed E-state index contributed by atoms with van der Waals surface area (Å²) in [5.41, 5.74) is 3.79. The molecule has 2 aromatic carbocycles. The lowest BCUT2D eigenvalue weighted by atomic mass is 10.2. The summed E-state index contributed by atoms with van der Waals surface area (Å²) in [5.74, 6) is 0.417. The molecule has 3 aromatic rings. The molecule has 0 spiro atoms. The third kappa shape index (κ3) is 3.70. The number of esters is 1. The van der Waals surface area contributed by atoms with Gasteiger partial charge in [0.25, 0.3) is 5.91 Å². The molecule has 1 aromatic heterocycles. The van der Waals surface area contributed by atoms with E-state index in [0.717, 1.165) is 15.8 Å². The van der Waals surface area contributed by atoms with E-state index in [1.165, 1.54) is 18.3 Å². The second kappa shape index (κ2) is 7.24. The molecular formula is C19H16N2O5S. The van der Waals surface area contributed by atoms with Gasteiger partial charge in [0.05, 0.1) is 21.3 Å². The Bertz CT molecular complexity index is 1020. The third-order valence-corrected chi connectivity index (χ3v) is 4.92. The highest BCUT2D eigenvalue weighted by Gasteiger charge is 2.20. The molecule has 4 rings (SSSR count). The van der Waals surface area contributed by atoms with E-state index < -0.39 is 12.1 Å². The van der Waals surface area contributed by atoms with Crippen molar-refractivity contribution in [2.24, 2.45) is 0 Å². The molecule has 2 heterocycles. The van der Waals surface area contributed by atoms with Gasteiger partial charge in [-0.25, -0.2) is 9.78 Å². The Balaban J connectivity index is 1.33. The number of nitrogens with zero attached hydrogens (tertiary/aromatic N) is 1. The van der Waals surface area contributed by atoms with E-state index >= 15 is 0 Å². The Hall–Kier alpha value is -3.13. The lowest BCUT2D eigenvalue weighted by Crippen LogP contribution is -2.35. The van der Waals surface area contributed by atoms with E-state index in [2.05, 4.69) is 10.3 Å². The zero-order valence-electron chi connectivity index (χ0n) is 14.4. The summed E-state index contributed by atoms with van der Waals surface area (Å²) in [6.07, 6.45) is -0.913. The molecule has 0 bridgehead atoms. The minimum Gasteiger partial charge on any atom is -0.454 e. The van der Waals surface area contributed by atoms with Crippen LogP contribution in [-0.2, 0) is 16.1 Å². The predicted molar refractivity (Wildman–Crippen MR) is 98.9 cm³/mol. The number of fused-ring (bicyclic) bond motifs is 2. The van der Waals surface area contributed by atoms with Crippen LogP contribution in [0.5, 0.6) is 11.5 Å². The van der Waals surface area contributed by atoms with Crippen LogP contribution < -0.4 is 14.8 Å². The fourth-order valence-electron chi connectivity index (χ4n) is 2.65. The molecule has 1 amide bonds. The van der Waals surface area contributed by atoms with Crippen LogP contribution in [0.15, 0.2) is 41.9 Å². The Morgan fingerprint density at radius 3 is 2.96 bits per heavy atom. The maximum Gasteiger partial charge on any atom is 0.338 e. The van der Waals surface area contributed by atoms with Crippen molar-refractivity contribution in [2.75, 3.05) is 6.79 Å². The first-order valence-electron chi connectivity index (χ1n) is 8.30. The molecule has 1 atom stereocenters. The van der Waals surface area contributed by atoms with Gasteiger partial charge in [0.15, 0.2) is 17.6 Å². The first-order chi connectivity index (χ1) is 13.1. The minimum absolute atomic E-state index is 0.200. The summed E-state index contributed by atoms with van der Waals surface area (Å²) in [5, 5.41) is 2.75. The first-order valence-corrected chi connectivity index (χ1v) is 9.18. The van der Waals surface area contributed by atoms with Gasteiger partial charge < -0.3 is 19.5 Å². The first kappa shape index (κ1) is 17.3. The summed E-state index contributed by atoms with van der Waals surface area (Å²) in [6, 6.07) is 10.6. The Labute approximate surface area is 158 Å². The van der Waals surface area contributed by atoms with Crippen LogP contribution in [0.3, 0.4) is 0 Å². The van der Waals surface area contributed by atoms with Gasteiger partial charge >= 0.3 is 5.97 Å². The fraction of sp³-hybridized carbons (Fsp3) is 0.211. The molecule has 8 heteroatoms. The van der Waals surface area contributed by atoms with Crippen LogP contribution >= 0.6 is 11.3 Å². The van der Waals surface area contributed by atoms with Gasteiger partial charge in [-0.3, -0.25) is 4.79 Å². The van der Waals surface area contributed by atoms with Crippen LogP contribution in [0.2, 0.25) is 0 Å². The summed E-state index contributed by atoms with van der Waals surface area (Å²) in [6.45, 7) is 2.04. The highest BCUT2D eigenvalue weighted by atomic mass is 32.1. The molecule has 0 radical (unpaired) electrons. The van der Waals surface area contributed by atoms with Crippen molar-refractivity contribution in [3.05, 3.63) is 53.0 Å². The van der Waals surface area contributed by atoms with Crippen molar-refractivity contribution >= 4 is 33.4 Å². The van der Waals surface area contributed by atoms with Crippen LogP contribution in [0.1, 0.15) is 22.8 Å². The lowest BCUT2D eigenvalue weighted by Gasteiger charge is -2.14. The highest BCUT2D eigenvalue weighted by Crippen LogP contribution is 2.32. The molecule has 27 heavy (non-hydrogen) atoms. The van der Waals surface area contributed by atoms with Gasteiger partial charge in [0.1, 0.15) is 0 Å². The summed E-state index contributed by atoms with van der Waals surface area (Å²) >= 11 is 1.44. The minimum atomic E-state index is -0.913. The van der Waals surface area contributed by atoms with Gasteiger partial charge in [-0.1, -0.05) is 6.07 Å². The number of aromatic nitrogens is 1. The van der Waals surface area contributed by atoms with Gasteiger partial charge in [-0.2, -0.15) is 0 Å². The van der Waals surface area contributed by atoms with E-state index in [-0.39, 0.29) is 12.7 Å². The van der Waals surface area contributed by atoms with Crippen LogP contribution in [0.25, 0.3) is 10.2 Å². The normalized spacial score (nSPS) is 13.4. The Morgan fingerprint density at radius 2 is 2.07 bits per heavy atom. The van der Waals surface area contributed by atoms with Crippen LogP contribution in [0, 0.1) is 0 Å². The highest BCUT2D eigenvalue weighted by molar-refractivity contribution is 7.16. The number of hydrogen-bond acceptors (Lipinski definition) is 7. The zero-order valence-corrected chi connectivity index (χ0v) is 15.2. The van der Waals surface area contributed by atoms with Gasteiger partial charge in [-0.15, -0.1) is 11.3 Å². The summed E-state index contributed by atoms with van der Waals surface area (Å²) < 4.78 is 16.7. The maximum absolute atomic E-state index is 12.3. The molecule has 1 aliphatic rings. The van der Waals surface area contributed by atoms with Crippen LogP contribution in [0.4, 0.5) is 0 Å². The van der Waals surface area contributed by atoms with Crippen LogP contribution in [-0.4, -0.2) is 29.8 Å². The quantitative estimate of drug-likeness (QED) is 0.681. The molecule has 0 aliphatic carbocycles. The molecule has 0 fully saturated rings. The van der Waals surface area contributed by atoms with Crippen molar-refractivity contribution in [2.45, 2.75) is 19.6 Å². The smallest absolute Gasteiger partial charge is 0.338 e. The number of carbonyl (C=O) groups is 2. The van der Waals surface area contributed by atoms with E-state index in [0.29, 0.717) is 23.6 Å². The van der Waals surface area contributed by atoms with E-state index in [9.17, 15) is 9.59 Å². The van der Waals surface area contributed by atoms with Crippen molar-refractivity contribution in [1.29, 1.82) is 0 Å². The van der Waals surface area contributed by atoms with Crippen molar-refractivity contribution < 1.29 is 23.8 Å². The Morgan fingerprint density at radius 1 is 1.22 bits per heavy atom. The molecule has 0 saturated heterocycles. The standard InChI is InChI=1S/C19H16N2O5S/c1-11(26-19(23)13-3-4-14-17(7-13)27-9-21-14)18(22)20-8-12-2-5-15-16(6-12)25-10-24-15/h2-7,9,11H,8,10H2,1H3,(H,20,22)/t11-/m1/s1. The molecule has 138 valence electrons. The number of amides is 1. The monoisotopic (exact) mass is 384 g/mol. The van der Waals surface area contributed by atoms with Gasteiger partial charge in [0, 0.05) is 6.54 Å². The number of hydrogen-bond donors (Lipinski definition) is 1. The molecule has 1 aliphatic heterocycles. The molecule has 0 unspecified atom stereocenters. The van der Waals surface area contributed by atoms with E-state index in [1.807, 2.05) is 12.1 Å². The fourth-order valence-corrected chi connectivity index (χ4v) is 3.36. The number of benzene rings is 2. The summed E-state index contributed by atoms with van der Waals surface area (Å²) in [4.78, 5) is 28.7. The Kier molecular flexibility index (Phi) is 4.64. The largest absolute Gasteiger partial charge is 0.454 e. The number of nitrogens with one attached hydrogen (secondary N) is 1. The maximum atomic E-state index is 12.3. The average Bonchev–Trinajstić information content (AvgIpc) is 3.33.